The van der Waals surface area contributed by atoms with Gasteiger partial charge in [0.2, 0.25) is 0 Å². The molecular weight excluding hydrogens is 234 g/mol. The van der Waals surface area contributed by atoms with Crippen LogP contribution >= 0.6 is 0 Å². The van der Waals surface area contributed by atoms with E-state index in [1.165, 1.54) is 41.6 Å². The fourth-order valence-electron chi connectivity index (χ4n) is 2.95. The van der Waals surface area contributed by atoms with Crippen molar-refractivity contribution in [3.8, 4) is 0 Å². The quantitative estimate of drug-likeness (QED) is 0.806. The third kappa shape index (κ3) is 2.71. The molecule has 0 saturated heterocycles. The van der Waals surface area contributed by atoms with E-state index in [-0.39, 0.29) is 0 Å². The van der Waals surface area contributed by atoms with Crippen molar-refractivity contribution in [2.75, 3.05) is 6.54 Å². The molecule has 0 aliphatic heterocycles. The first-order valence-corrected chi connectivity index (χ1v) is 7.14. The van der Waals surface area contributed by atoms with Crippen LogP contribution in [0.25, 0.3) is 0 Å². The van der Waals surface area contributed by atoms with E-state index in [0.29, 0.717) is 6.04 Å². The van der Waals surface area contributed by atoms with Gasteiger partial charge < -0.3 is 5.32 Å². The van der Waals surface area contributed by atoms with E-state index in [1.54, 1.807) is 0 Å². The number of nitrogens with zero attached hydrogens (tertiary/aromatic N) is 1. The Balaban J connectivity index is 1.48. The largest absolute Gasteiger partial charge is 0.310 e. The molecule has 3 nitrogen and oxygen atoms in total. The molecule has 2 N–H and O–H groups in total. The van der Waals surface area contributed by atoms with Gasteiger partial charge in [-0.25, -0.2) is 0 Å². The van der Waals surface area contributed by atoms with Gasteiger partial charge in [0.15, 0.2) is 0 Å². The maximum absolute atomic E-state index is 4.06. The Hall–Kier alpha value is -1.61. The average Bonchev–Trinajstić information content (AvgIpc) is 3.02. The molecule has 0 bridgehead atoms. The lowest BCUT2D eigenvalue weighted by Crippen LogP contribution is -2.20. The van der Waals surface area contributed by atoms with Gasteiger partial charge >= 0.3 is 0 Å². The highest BCUT2D eigenvalue weighted by atomic mass is 15.1. The summed E-state index contributed by atoms with van der Waals surface area (Å²) in [4.78, 5) is 0. The molecule has 1 aromatic carbocycles. The monoisotopic (exact) mass is 255 g/mol. The molecule has 0 radical (unpaired) electrons. The molecule has 1 aliphatic carbocycles. The van der Waals surface area contributed by atoms with Gasteiger partial charge in [-0.05, 0) is 55.8 Å². The zero-order chi connectivity index (χ0) is 13.1. The van der Waals surface area contributed by atoms with Crippen molar-refractivity contribution < 1.29 is 0 Å². The van der Waals surface area contributed by atoms with Crippen LogP contribution in [0.1, 0.15) is 41.3 Å². The van der Waals surface area contributed by atoms with Crippen LogP contribution in [0.15, 0.2) is 30.5 Å². The standard InChI is InChI=1S/C16H21N3/c1-12-14(11-18-19-12)6-4-10-17-16-9-8-13-5-2-3-7-15(13)16/h2-3,5,7,11,16-17H,4,6,8-10H2,1H3,(H,18,19). The number of aromatic amines is 1. The molecule has 1 heterocycles. The maximum atomic E-state index is 4.06. The van der Waals surface area contributed by atoms with E-state index in [2.05, 4.69) is 46.7 Å². The second-order valence-corrected chi connectivity index (χ2v) is 5.37. The smallest absolute Gasteiger partial charge is 0.0522 e. The summed E-state index contributed by atoms with van der Waals surface area (Å²) in [5.41, 5.74) is 5.56. The molecule has 0 spiro atoms. The van der Waals surface area contributed by atoms with Crippen molar-refractivity contribution in [1.29, 1.82) is 0 Å². The van der Waals surface area contributed by atoms with Crippen LogP contribution in [0.4, 0.5) is 0 Å². The van der Waals surface area contributed by atoms with Crippen LogP contribution in [0.3, 0.4) is 0 Å². The Kier molecular flexibility index (Phi) is 3.65. The van der Waals surface area contributed by atoms with E-state index >= 15 is 0 Å². The van der Waals surface area contributed by atoms with Crippen LogP contribution in [0, 0.1) is 6.92 Å². The number of hydrogen-bond donors (Lipinski definition) is 2. The summed E-state index contributed by atoms with van der Waals surface area (Å²) in [5.74, 6) is 0. The summed E-state index contributed by atoms with van der Waals surface area (Å²) in [6.45, 7) is 3.16. The third-order valence-electron chi connectivity index (χ3n) is 4.08. The number of hydrogen-bond acceptors (Lipinski definition) is 2. The molecule has 2 aromatic rings. The third-order valence-corrected chi connectivity index (χ3v) is 4.08. The first-order chi connectivity index (χ1) is 9.34. The van der Waals surface area contributed by atoms with Crippen LogP contribution in [-0.4, -0.2) is 16.7 Å². The zero-order valence-corrected chi connectivity index (χ0v) is 11.4. The molecule has 100 valence electrons. The molecule has 3 rings (SSSR count). The number of nitrogens with one attached hydrogen (secondary N) is 2. The van der Waals surface area contributed by atoms with E-state index in [4.69, 9.17) is 0 Å². The fraction of sp³-hybridized carbons (Fsp3) is 0.438. The number of rotatable bonds is 5. The molecule has 19 heavy (non-hydrogen) atoms. The van der Waals surface area contributed by atoms with E-state index in [1.807, 2.05) is 6.20 Å². The lowest BCUT2D eigenvalue weighted by Gasteiger charge is -2.13. The van der Waals surface area contributed by atoms with E-state index in [9.17, 15) is 0 Å². The minimum Gasteiger partial charge on any atom is -0.310 e. The summed E-state index contributed by atoms with van der Waals surface area (Å²) in [6, 6.07) is 9.37. The first kappa shape index (κ1) is 12.4. The summed E-state index contributed by atoms with van der Waals surface area (Å²) in [6.07, 6.45) is 6.67. The number of fused-ring (bicyclic) bond motifs is 1. The molecular formula is C16H21N3. The van der Waals surface area contributed by atoms with Crippen molar-refractivity contribution in [1.82, 2.24) is 15.5 Å². The second kappa shape index (κ2) is 5.57. The molecule has 3 heteroatoms. The highest BCUT2D eigenvalue weighted by molar-refractivity contribution is 5.34. The SMILES string of the molecule is Cc1[nH]ncc1CCCNC1CCc2ccccc21. The molecule has 0 saturated carbocycles. The lowest BCUT2D eigenvalue weighted by atomic mass is 10.1. The summed E-state index contributed by atoms with van der Waals surface area (Å²) >= 11 is 0. The van der Waals surface area contributed by atoms with Gasteiger partial charge in [0.25, 0.3) is 0 Å². The number of benzene rings is 1. The second-order valence-electron chi connectivity index (χ2n) is 5.37. The van der Waals surface area contributed by atoms with Gasteiger partial charge in [-0.2, -0.15) is 5.10 Å². The normalized spacial score (nSPS) is 17.6. The van der Waals surface area contributed by atoms with Crippen molar-refractivity contribution in [3.05, 3.63) is 52.8 Å². The summed E-state index contributed by atoms with van der Waals surface area (Å²) < 4.78 is 0. The summed E-state index contributed by atoms with van der Waals surface area (Å²) in [5, 5.41) is 10.7. The molecule has 0 amide bonds. The minimum absolute atomic E-state index is 0.557. The van der Waals surface area contributed by atoms with Crippen LogP contribution in [0.2, 0.25) is 0 Å². The van der Waals surface area contributed by atoms with Crippen molar-refractivity contribution >= 4 is 0 Å². The maximum Gasteiger partial charge on any atom is 0.0522 e. The Labute approximate surface area is 114 Å². The van der Waals surface area contributed by atoms with E-state index < -0.39 is 0 Å². The Morgan fingerprint density at radius 1 is 1.37 bits per heavy atom. The van der Waals surface area contributed by atoms with Gasteiger partial charge in [0.05, 0.1) is 6.20 Å². The highest BCUT2D eigenvalue weighted by Crippen LogP contribution is 2.30. The molecule has 1 aliphatic rings. The average molecular weight is 255 g/mol. The molecule has 1 atom stereocenters. The highest BCUT2D eigenvalue weighted by Gasteiger charge is 2.20. The first-order valence-electron chi connectivity index (χ1n) is 7.14. The predicted molar refractivity (Wildman–Crippen MR) is 77.2 cm³/mol. The van der Waals surface area contributed by atoms with E-state index in [0.717, 1.165) is 13.0 Å². The molecule has 1 aromatic heterocycles. The van der Waals surface area contributed by atoms with Crippen LogP contribution in [0.5, 0.6) is 0 Å². The van der Waals surface area contributed by atoms with Gasteiger partial charge in [0.1, 0.15) is 0 Å². The Morgan fingerprint density at radius 3 is 3.11 bits per heavy atom. The number of aromatic nitrogens is 2. The molecule has 1 unspecified atom stereocenters. The predicted octanol–water partition coefficient (Wildman–Crippen LogP) is 2.93. The number of H-pyrrole nitrogens is 1. The van der Waals surface area contributed by atoms with Crippen LogP contribution in [-0.2, 0) is 12.8 Å². The van der Waals surface area contributed by atoms with Gasteiger partial charge in [-0.1, -0.05) is 24.3 Å². The minimum atomic E-state index is 0.557. The Bertz CT molecular complexity index is 544. The van der Waals surface area contributed by atoms with Crippen LogP contribution < -0.4 is 5.32 Å². The van der Waals surface area contributed by atoms with Gasteiger partial charge in [0, 0.05) is 11.7 Å². The fourth-order valence-corrected chi connectivity index (χ4v) is 2.95. The number of aryl methyl sites for hydroxylation is 3. The van der Waals surface area contributed by atoms with Gasteiger partial charge in [-0.15, -0.1) is 0 Å². The topological polar surface area (TPSA) is 40.7 Å². The van der Waals surface area contributed by atoms with Crippen molar-refractivity contribution in [2.45, 2.75) is 38.6 Å². The van der Waals surface area contributed by atoms with Crippen molar-refractivity contribution in [3.63, 3.8) is 0 Å². The molecule has 0 fully saturated rings. The summed E-state index contributed by atoms with van der Waals surface area (Å²) in [7, 11) is 0. The van der Waals surface area contributed by atoms with Gasteiger partial charge in [-0.3, -0.25) is 5.10 Å². The zero-order valence-electron chi connectivity index (χ0n) is 11.4. The Morgan fingerprint density at radius 2 is 2.26 bits per heavy atom. The lowest BCUT2D eigenvalue weighted by molar-refractivity contribution is 0.520. The van der Waals surface area contributed by atoms with Crippen molar-refractivity contribution in [2.24, 2.45) is 0 Å².